The van der Waals surface area contributed by atoms with Gasteiger partial charge in [0.05, 0.1) is 12.7 Å². The number of phenolic OH excluding ortho intramolecular Hbond substituents is 1. The number of benzene rings is 1. The van der Waals surface area contributed by atoms with Crippen molar-refractivity contribution in [3.8, 4) is 22.8 Å². The van der Waals surface area contributed by atoms with E-state index in [2.05, 4.69) is 5.16 Å². The Morgan fingerprint density at radius 3 is 2.67 bits per heavy atom. The molecule has 0 saturated carbocycles. The molecule has 0 bridgehead atoms. The smallest absolute Gasteiger partial charge is 0.358 e. The summed E-state index contributed by atoms with van der Waals surface area (Å²) in [6, 6.07) is 4.32. The summed E-state index contributed by atoms with van der Waals surface area (Å²) in [6.07, 6.45) is 0. The average Bonchev–Trinajstić information content (AvgIpc) is 2.78. The molecule has 18 heavy (non-hydrogen) atoms. The van der Waals surface area contributed by atoms with Crippen LogP contribution >= 0.6 is 0 Å². The normalized spacial score (nSPS) is 10.3. The van der Waals surface area contributed by atoms with Crippen molar-refractivity contribution in [1.29, 1.82) is 0 Å². The zero-order chi connectivity index (χ0) is 13.3. The Morgan fingerprint density at radius 1 is 1.39 bits per heavy atom. The molecular weight excluding hydrogens is 238 g/mol. The number of methoxy groups -OCH3 is 1. The lowest BCUT2D eigenvalue weighted by molar-refractivity contribution is 0.0686. The van der Waals surface area contributed by atoms with Crippen molar-refractivity contribution >= 4 is 5.97 Å². The Bertz CT molecular complexity index is 603. The fraction of sp³-hybridized carbons (Fsp3) is 0.167. The van der Waals surface area contributed by atoms with Crippen LogP contribution in [0.3, 0.4) is 0 Å². The van der Waals surface area contributed by atoms with Crippen molar-refractivity contribution in [3.05, 3.63) is 29.5 Å². The molecule has 6 nitrogen and oxygen atoms in total. The first-order valence-electron chi connectivity index (χ1n) is 5.11. The monoisotopic (exact) mass is 249 g/mol. The number of aromatic nitrogens is 1. The highest BCUT2D eigenvalue weighted by Crippen LogP contribution is 2.35. The predicted octanol–water partition coefficient (Wildman–Crippen LogP) is 2.06. The van der Waals surface area contributed by atoms with Gasteiger partial charge >= 0.3 is 5.97 Å². The predicted molar refractivity (Wildman–Crippen MR) is 61.9 cm³/mol. The summed E-state index contributed by atoms with van der Waals surface area (Å²) >= 11 is 0. The summed E-state index contributed by atoms with van der Waals surface area (Å²) < 4.78 is 10.0. The van der Waals surface area contributed by atoms with E-state index in [4.69, 9.17) is 14.4 Å². The largest absolute Gasteiger partial charge is 0.507 e. The van der Waals surface area contributed by atoms with Gasteiger partial charge < -0.3 is 19.5 Å². The number of carbonyl (C=O) groups is 1. The Kier molecular flexibility index (Phi) is 2.93. The molecule has 0 aliphatic heterocycles. The Balaban J connectivity index is 2.52. The number of aromatic hydroxyl groups is 1. The number of aryl methyl sites for hydroxylation is 1. The Hall–Kier alpha value is -2.50. The zero-order valence-electron chi connectivity index (χ0n) is 9.80. The molecule has 0 unspecified atom stereocenters. The van der Waals surface area contributed by atoms with Crippen LogP contribution in [0.4, 0.5) is 0 Å². The van der Waals surface area contributed by atoms with Crippen LogP contribution in [0.5, 0.6) is 11.5 Å². The van der Waals surface area contributed by atoms with Crippen molar-refractivity contribution in [3.63, 3.8) is 0 Å². The van der Waals surface area contributed by atoms with E-state index in [0.717, 1.165) is 5.56 Å². The minimum absolute atomic E-state index is 0.0265. The quantitative estimate of drug-likeness (QED) is 0.864. The number of hydrogen-bond acceptors (Lipinski definition) is 5. The number of nitrogens with zero attached hydrogens (tertiary/aromatic N) is 1. The lowest BCUT2D eigenvalue weighted by Gasteiger charge is -2.07. The molecule has 6 heteroatoms. The van der Waals surface area contributed by atoms with E-state index in [0.29, 0.717) is 11.3 Å². The zero-order valence-corrected chi connectivity index (χ0v) is 9.80. The maximum absolute atomic E-state index is 10.7. The molecule has 0 aliphatic carbocycles. The Labute approximate surface area is 102 Å². The van der Waals surface area contributed by atoms with Crippen molar-refractivity contribution < 1.29 is 24.3 Å². The summed E-state index contributed by atoms with van der Waals surface area (Å²) in [6.45, 7) is 1.78. The summed E-state index contributed by atoms with van der Waals surface area (Å²) in [5.74, 6) is -0.482. The molecule has 0 amide bonds. The van der Waals surface area contributed by atoms with Crippen LogP contribution in [0.15, 0.2) is 22.7 Å². The van der Waals surface area contributed by atoms with Gasteiger partial charge in [0.2, 0.25) is 0 Å². The van der Waals surface area contributed by atoms with E-state index in [-0.39, 0.29) is 17.2 Å². The number of aromatic carboxylic acids is 1. The minimum Gasteiger partial charge on any atom is -0.507 e. The third-order valence-corrected chi connectivity index (χ3v) is 2.51. The standard InChI is InChI=1S/C12H11NO5/c1-6-3-9(14)7(4-10(6)17-2)11-5-8(12(15)16)13-18-11/h3-5,14H,1-2H3,(H,15,16). The average molecular weight is 249 g/mol. The van der Waals surface area contributed by atoms with Gasteiger partial charge in [0.25, 0.3) is 0 Å². The first-order chi connectivity index (χ1) is 8.52. The van der Waals surface area contributed by atoms with Crippen LogP contribution in [0.1, 0.15) is 16.1 Å². The van der Waals surface area contributed by atoms with E-state index in [1.165, 1.54) is 19.2 Å². The molecule has 1 aromatic carbocycles. The van der Waals surface area contributed by atoms with Gasteiger partial charge in [-0.15, -0.1) is 0 Å². The van der Waals surface area contributed by atoms with Gasteiger partial charge in [0, 0.05) is 6.07 Å². The van der Waals surface area contributed by atoms with Gasteiger partial charge in [-0.2, -0.15) is 0 Å². The van der Waals surface area contributed by atoms with Gasteiger partial charge in [-0.1, -0.05) is 5.16 Å². The third kappa shape index (κ3) is 2.00. The van der Waals surface area contributed by atoms with Crippen molar-refractivity contribution in [1.82, 2.24) is 5.16 Å². The molecule has 0 aliphatic rings. The first kappa shape index (κ1) is 12.0. The van der Waals surface area contributed by atoms with Crippen LogP contribution in [0.2, 0.25) is 0 Å². The first-order valence-corrected chi connectivity index (χ1v) is 5.11. The number of hydrogen-bond donors (Lipinski definition) is 2. The molecule has 0 atom stereocenters. The number of carboxylic acid groups (broad SMARTS) is 1. The lowest BCUT2D eigenvalue weighted by atomic mass is 10.1. The molecule has 2 aromatic rings. The SMILES string of the molecule is COc1cc(-c2cc(C(=O)O)no2)c(O)cc1C. The van der Waals surface area contributed by atoms with Crippen LogP contribution in [-0.2, 0) is 0 Å². The highest BCUT2D eigenvalue weighted by molar-refractivity contribution is 5.86. The van der Waals surface area contributed by atoms with Crippen LogP contribution < -0.4 is 4.74 Å². The van der Waals surface area contributed by atoms with Gasteiger partial charge in [0.1, 0.15) is 11.5 Å². The van der Waals surface area contributed by atoms with Crippen molar-refractivity contribution in [2.24, 2.45) is 0 Å². The number of ether oxygens (including phenoxy) is 1. The molecule has 0 saturated heterocycles. The lowest BCUT2D eigenvalue weighted by Crippen LogP contribution is -1.94. The van der Waals surface area contributed by atoms with E-state index < -0.39 is 5.97 Å². The van der Waals surface area contributed by atoms with Gasteiger partial charge in [-0.3, -0.25) is 0 Å². The fourth-order valence-corrected chi connectivity index (χ4v) is 1.59. The maximum atomic E-state index is 10.7. The number of carboxylic acids is 1. The second kappa shape index (κ2) is 4.40. The fourth-order valence-electron chi connectivity index (χ4n) is 1.59. The van der Waals surface area contributed by atoms with E-state index in [1.807, 2.05) is 0 Å². The number of rotatable bonds is 3. The summed E-state index contributed by atoms with van der Waals surface area (Å²) in [4.78, 5) is 10.7. The van der Waals surface area contributed by atoms with Crippen molar-refractivity contribution in [2.75, 3.05) is 7.11 Å². The molecular formula is C12H11NO5. The number of phenols is 1. The second-order valence-corrected chi connectivity index (χ2v) is 3.72. The molecule has 1 heterocycles. The van der Waals surface area contributed by atoms with Gasteiger partial charge in [-0.25, -0.2) is 4.79 Å². The van der Waals surface area contributed by atoms with Gasteiger partial charge in [-0.05, 0) is 24.6 Å². The van der Waals surface area contributed by atoms with E-state index in [1.54, 1.807) is 13.0 Å². The molecule has 0 spiro atoms. The maximum Gasteiger partial charge on any atom is 0.358 e. The topological polar surface area (TPSA) is 92.8 Å². The van der Waals surface area contributed by atoms with E-state index in [9.17, 15) is 9.90 Å². The van der Waals surface area contributed by atoms with Gasteiger partial charge in [0.15, 0.2) is 11.5 Å². The Morgan fingerprint density at radius 2 is 2.11 bits per heavy atom. The van der Waals surface area contributed by atoms with E-state index >= 15 is 0 Å². The minimum atomic E-state index is -1.19. The highest BCUT2D eigenvalue weighted by atomic mass is 16.5. The highest BCUT2D eigenvalue weighted by Gasteiger charge is 2.16. The third-order valence-electron chi connectivity index (χ3n) is 2.51. The summed E-state index contributed by atoms with van der Waals surface area (Å²) in [5.41, 5.74) is 0.873. The summed E-state index contributed by atoms with van der Waals surface area (Å²) in [7, 11) is 1.51. The molecule has 0 fully saturated rings. The molecule has 1 aromatic heterocycles. The van der Waals surface area contributed by atoms with Crippen LogP contribution in [0.25, 0.3) is 11.3 Å². The van der Waals surface area contributed by atoms with Crippen molar-refractivity contribution in [2.45, 2.75) is 6.92 Å². The second-order valence-electron chi connectivity index (χ2n) is 3.72. The van der Waals surface area contributed by atoms with Crippen LogP contribution in [-0.4, -0.2) is 28.4 Å². The molecule has 0 radical (unpaired) electrons. The van der Waals surface area contributed by atoms with Crippen LogP contribution in [0, 0.1) is 6.92 Å². The molecule has 2 rings (SSSR count). The molecule has 2 N–H and O–H groups in total. The summed E-state index contributed by atoms with van der Waals surface area (Å²) in [5, 5.41) is 22.0. The molecule has 94 valence electrons.